The van der Waals surface area contributed by atoms with Crippen molar-refractivity contribution in [2.24, 2.45) is 5.73 Å². The predicted molar refractivity (Wildman–Crippen MR) is 65.0 cm³/mol. The molecule has 0 saturated carbocycles. The number of ether oxygens (including phenoxy) is 2. The Morgan fingerprint density at radius 3 is 2.71 bits per heavy atom. The van der Waals surface area contributed by atoms with Gasteiger partial charge in [-0.2, -0.15) is 0 Å². The van der Waals surface area contributed by atoms with E-state index in [9.17, 15) is 0 Å². The highest BCUT2D eigenvalue weighted by Gasteiger charge is 2.10. The van der Waals surface area contributed by atoms with Gasteiger partial charge in [-0.1, -0.05) is 0 Å². The molecule has 5 nitrogen and oxygen atoms in total. The average Bonchev–Trinajstić information content (AvgIpc) is 2.86. The molecule has 0 spiro atoms. The summed E-state index contributed by atoms with van der Waals surface area (Å²) in [7, 11) is 3.25. The number of nitrogens with one attached hydrogen (secondary N) is 1. The van der Waals surface area contributed by atoms with Crippen molar-refractivity contribution in [3.8, 4) is 22.9 Å². The molecule has 0 unspecified atom stereocenters. The quantitative estimate of drug-likeness (QED) is 0.840. The molecule has 0 saturated heterocycles. The molecule has 5 heteroatoms. The molecular weight excluding hydrogens is 218 g/mol. The number of H-pyrrole nitrogens is 1. The van der Waals surface area contributed by atoms with Crippen LogP contribution in [0.15, 0.2) is 24.4 Å². The van der Waals surface area contributed by atoms with Gasteiger partial charge in [0.2, 0.25) is 0 Å². The van der Waals surface area contributed by atoms with Crippen LogP contribution in [0.3, 0.4) is 0 Å². The molecule has 0 aliphatic heterocycles. The van der Waals surface area contributed by atoms with Gasteiger partial charge < -0.3 is 20.2 Å². The molecule has 3 N–H and O–H groups in total. The molecule has 0 aliphatic carbocycles. The maximum Gasteiger partial charge on any atom is 0.141 e. The van der Waals surface area contributed by atoms with Crippen LogP contribution in [-0.4, -0.2) is 24.2 Å². The van der Waals surface area contributed by atoms with Gasteiger partial charge in [-0.3, -0.25) is 0 Å². The summed E-state index contributed by atoms with van der Waals surface area (Å²) in [6, 6.07) is 5.56. The highest BCUT2D eigenvalue weighted by atomic mass is 16.5. The lowest BCUT2D eigenvalue weighted by molar-refractivity contribution is 0.404. The summed E-state index contributed by atoms with van der Waals surface area (Å²) in [5, 5.41) is 0. The van der Waals surface area contributed by atoms with Gasteiger partial charge in [0.1, 0.15) is 17.3 Å². The molecule has 1 aromatic heterocycles. The van der Waals surface area contributed by atoms with Crippen molar-refractivity contribution >= 4 is 0 Å². The van der Waals surface area contributed by atoms with Gasteiger partial charge in [-0.05, 0) is 18.2 Å². The fraction of sp³-hybridized carbons (Fsp3) is 0.250. The van der Waals surface area contributed by atoms with Crippen LogP contribution in [0.1, 0.15) is 5.69 Å². The first-order valence-electron chi connectivity index (χ1n) is 5.25. The highest BCUT2D eigenvalue weighted by Crippen LogP contribution is 2.31. The minimum Gasteiger partial charge on any atom is -0.497 e. The van der Waals surface area contributed by atoms with Crippen molar-refractivity contribution in [3.05, 3.63) is 30.1 Å². The molecule has 90 valence electrons. The third kappa shape index (κ3) is 2.24. The van der Waals surface area contributed by atoms with Crippen molar-refractivity contribution in [2.75, 3.05) is 14.2 Å². The Morgan fingerprint density at radius 2 is 2.12 bits per heavy atom. The Bertz CT molecular complexity index is 508. The summed E-state index contributed by atoms with van der Waals surface area (Å²) in [6.45, 7) is 0.430. The molecule has 1 heterocycles. The van der Waals surface area contributed by atoms with Crippen LogP contribution in [0.4, 0.5) is 0 Å². The molecule has 0 fully saturated rings. The van der Waals surface area contributed by atoms with Gasteiger partial charge in [0.15, 0.2) is 0 Å². The number of benzene rings is 1. The molecular formula is C12H15N3O2. The molecule has 17 heavy (non-hydrogen) atoms. The van der Waals surface area contributed by atoms with Crippen molar-refractivity contribution in [1.29, 1.82) is 0 Å². The van der Waals surface area contributed by atoms with E-state index in [0.29, 0.717) is 6.54 Å². The summed E-state index contributed by atoms with van der Waals surface area (Å²) >= 11 is 0. The first-order chi connectivity index (χ1) is 8.28. The smallest absolute Gasteiger partial charge is 0.141 e. The summed E-state index contributed by atoms with van der Waals surface area (Å²) in [4.78, 5) is 7.40. The molecule has 0 radical (unpaired) electrons. The molecule has 0 aliphatic rings. The van der Waals surface area contributed by atoms with Crippen LogP contribution < -0.4 is 15.2 Å². The van der Waals surface area contributed by atoms with E-state index in [0.717, 1.165) is 28.6 Å². The van der Waals surface area contributed by atoms with Gasteiger partial charge in [-0.25, -0.2) is 4.98 Å². The maximum absolute atomic E-state index is 5.54. The second-order valence-electron chi connectivity index (χ2n) is 3.53. The number of aromatic amines is 1. The first-order valence-corrected chi connectivity index (χ1v) is 5.25. The van der Waals surface area contributed by atoms with Crippen molar-refractivity contribution in [2.45, 2.75) is 6.54 Å². The average molecular weight is 233 g/mol. The van der Waals surface area contributed by atoms with Crippen LogP contribution in [0.5, 0.6) is 11.5 Å². The minimum atomic E-state index is 0.430. The lowest BCUT2D eigenvalue weighted by atomic mass is 10.2. The zero-order valence-corrected chi connectivity index (χ0v) is 9.86. The number of hydrogen-bond donors (Lipinski definition) is 2. The highest BCUT2D eigenvalue weighted by molar-refractivity contribution is 5.66. The van der Waals surface area contributed by atoms with Crippen LogP contribution in [0.2, 0.25) is 0 Å². The summed E-state index contributed by atoms with van der Waals surface area (Å²) in [5.74, 6) is 2.22. The Hall–Kier alpha value is -2.01. The standard InChI is InChI=1S/C12H15N3O2/c1-16-9-3-4-11(17-2)10(5-9)12-14-7-8(6-13)15-12/h3-5,7H,6,13H2,1-2H3,(H,14,15). The first kappa shape index (κ1) is 11.5. The topological polar surface area (TPSA) is 73.2 Å². The Kier molecular flexibility index (Phi) is 3.30. The summed E-state index contributed by atoms with van der Waals surface area (Å²) in [5.41, 5.74) is 7.27. The Morgan fingerprint density at radius 1 is 1.29 bits per heavy atom. The number of nitrogens with zero attached hydrogens (tertiary/aromatic N) is 1. The fourth-order valence-corrected chi connectivity index (χ4v) is 1.60. The van der Waals surface area contributed by atoms with E-state index in [1.165, 1.54) is 0 Å². The van der Waals surface area contributed by atoms with Gasteiger partial charge in [-0.15, -0.1) is 0 Å². The van der Waals surface area contributed by atoms with E-state index in [2.05, 4.69) is 9.97 Å². The number of methoxy groups -OCH3 is 2. The Labute approximate surface area is 99.6 Å². The predicted octanol–water partition coefficient (Wildman–Crippen LogP) is 1.55. The van der Waals surface area contributed by atoms with Crippen LogP contribution >= 0.6 is 0 Å². The van der Waals surface area contributed by atoms with Gasteiger partial charge >= 0.3 is 0 Å². The number of nitrogens with two attached hydrogens (primary N) is 1. The lowest BCUT2D eigenvalue weighted by Gasteiger charge is -2.08. The van der Waals surface area contributed by atoms with Crippen molar-refractivity contribution in [1.82, 2.24) is 9.97 Å². The maximum atomic E-state index is 5.54. The fourth-order valence-electron chi connectivity index (χ4n) is 1.60. The number of aromatic nitrogens is 2. The Balaban J connectivity index is 2.47. The molecule has 0 atom stereocenters. The second-order valence-corrected chi connectivity index (χ2v) is 3.53. The summed E-state index contributed by atoms with van der Waals surface area (Å²) in [6.07, 6.45) is 1.72. The third-order valence-electron chi connectivity index (χ3n) is 2.51. The van der Waals surface area contributed by atoms with Crippen molar-refractivity contribution < 1.29 is 9.47 Å². The van der Waals surface area contributed by atoms with E-state index in [1.54, 1.807) is 20.4 Å². The zero-order valence-electron chi connectivity index (χ0n) is 9.86. The van der Waals surface area contributed by atoms with E-state index < -0.39 is 0 Å². The largest absolute Gasteiger partial charge is 0.497 e. The zero-order chi connectivity index (χ0) is 12.3. The molecule has 0 bridgehead atoms. The number of imidazole rings is 1. The van der Waals surface area contributed by atoms with E-state index >= 15 is 0 Å². The van der Waals surface area contributed by atoms with Crippen molar-refractivity contribution in [3.63, 3.8) is 0 Å². The lowest BCUT2D eigenvalue weighted by Crippen LogP contribution is -1.96. The monoisotopic (exact) mass is 233 g/mol. The normalized spacial score (nSPS) is 10.3. The molecule has 1 aromatic carbocycles. The van der Waals surface area contributed by atoms with Gasteiger partial charge in [0.25, 0.3) is 0 Å². The van der Waals surface area contributed by atoms with Gasteiger partial charge in [0.05, 0.1) is 19.8 Å². The van der Waals surface area contributed by atoms with E-state index in [-0.39, 0.29) is 0 Å². The SMILES string of the molecule is COc1ccc(OC)c(-c2ncc(CN)[nH]2)c1. The minimum absolute atomic E-state index is 0.430. The number of hydrogen-bond acceptors (Lipinski definition) is 4. The van der Waals surface area contributed by atoms with Crippen LogP contribution in [0, 0.1) is 0 Å². The van der Waals surface area contributed by atoms with Gasteiger partial charge in [0, 0.05) is 18.4 Å². The third-order valence-corrected chi connectivity index (χ3v) is 2.51. The van der Waals surface area contributed by atoms with Crippen LogP contribution in [-0.2, 0) is 6.54 Å². The molecule has 2 aromatic rings. The summed E-state index contributed by atoms with van der Waals surface area (Å²) < 4.78 is 10.5. The van der Waals surface area contributed by atoms with Crippen LogP contribution in [0.25, 0.3) is 11.4 Å². The number of rotatable bonds is 4. The van der Waals surface area contributed by atoms with E-state index in [1.807, 2.05) is 18.2 Å². The second kappa shape index (κ2) is 4.88. The van der Waals surface area contributed by atoms with E-state index in [4.69, 9.17) is 15.2 Å². The molecule has 0 amide bonds. The molecule has 2 rings (SSSR count).